The van der Waals surface area contributed by atoms with Gasteiger partial charge in [-0.2, -0.15) is 0 Å². The third-order valence-electron chi connectivity index (χ3n) is 19.6. The van der Waals surface area contributed by atoms with Crippen molar-refractivity contribution in [1.82, 2.24) is 0 Å². The lowest BCUT2D eigenvalue weighted by molar-refractivity contribution is -0.178. The van der Waals surface area contributed by atoms with E-state index < -0.39 is 74.8 Å². The smallest absolute Gasteiger partial charge is 0.320 e. The molecule has 0 spiro atoms. The van der Waals surface area contributed by atoms with Gasteiger partial charge in [0.25, 0.3) is 0 Å². The Balaban J connectivity index is -0.0000000983. The van der Waals surface area contributed by atoms with Crippen LogP contribution in [-0.4, -0.2) is 97.9 Å². The molecule has 0 N–H and O–H groups in total. The molecule has 12 unspecified atom stereocenters. The molecule has 0 aromatic rings. The Labute approximate surface area is 600 Å². The fraction of sp³-hybridized carbons (Fsp3) is 0.919. The summed E-state index contributed by atoms with van der Waals surface area (Å²) in [7, 11) is -11.5. The summed E-state index contributed by atoms with van der Waals surface area (Å²) < 4.78 is 52.5. The minimum Gasteiger partial charge on any atom is -0.458 e. The van der Waals surface area contributed by atoms with Gasteiger partial charge in [-0.15, -0.1) is 0 Å². The Hall–Kier alpha value is -1.68. The molecule has 4 bridgehead atoms. The highest BCUT2D eigenvalue weighted by Gasteiger charge is 2.56. The molecule has 7 rings (SSSR count). The molecule has 3 heterocycles. The Morgan fingerprint density at radius 3 is 0.937 bits per heavy atom. The zero-order valence-electron chi connectivity index (χ0n) is 57.8. The van der Waals surface area contributed by atoms with E-state index in [0.29, 0.717) is 17.4 Å². The van der Waals surface area contributed by atoms with Gasteiger partial charge in [-0.3, -0.25) is 28.8 Å². The predicted octanol–water partition coefficient (Wildman–Crippen LogP) is 24.1. The number of cyclic esters (lactones) is 4. The molecule has 4 aliphatic carbocycles. The average Bonchev–Trinajstić information content (AvgIpc) is 1.73. The van der Waals surface area contributed by atoms with Crippen LogP contribution in [0, 0.1) is 58.2 Å². The third-order valence-corrected chi connectivity index (χ3v) is 44.2. The molecule has 12 atom stereocenters. The van der Waals surface area contributed by atoms with Gasteiger partial charge in [-0.1, -0.05) is 185 Å². The van der Waals surface area contributed by atoms with Crippen molar-refractivity contribution < 1.29 is 68.3 Å². The van der Waals surface area contributed by atoms with Crippen molar-refractivity contribution in [2.75, 3.05) is 0 Å². The lowest BCUT2D eigenvalue weighted by Gasteiger charge is -2.49. The molecule has 0 aromatic heterocycles. The first kappa shape index (κ1) is 117. The second-order valence-corrected chi connectivity index (χ2v) is 53.9. The average molecular weight is 1470 g/mol. The minimum atomic E-state index is -2.26. The number of hydrogen-bond acceptors (Lipinski definition) is 15. The van der Waals surface area contributed by atoms with E-state index in [1.54, 1.807) is 27.7 Å². The maximum atomic E-state index is 12.3. The highest BCUT2D eigenvalue weighted by atomic mass is 28.5. The Morgan fingerprint density at radius 2 is 0.758 bits per heavy atom. The van der Waals surface area contributed by atoms with E-state index in [4.69, 9.17) is 30.0 Å². The topological polar surface area (TPSA) is 185 Å². The zero-order valence-corrected chi connectivity index (χ0v) is 63.8. The van der Waals surface area contributed by atoms with Gasteiger partial charge in [0.05, 0.1) is 34.5 Å². The minimum absolute atomic E-state index is 0. The summed E-state index contributed by atoms with van der Waals surface area (Å²) >= 11 is 0. The molecule has 3 aliphatic heterocycles. The molecule has 7 fully saturated rings. The van der Waals surface area contributed by atoms with Gasteiger partial charge in [-0.05, 0) is 218 Å². The monoisotopic (exact) mass is 1470 g/mol. The predicted molar refractivity (Wildman–Crippen MR) is 427 cm³/mol. The largest absolute Gasteiger partial charge is 0.458 e. The standard InChI is InChI=1S/2C15H26O2.C11H30O4Si4.C9H24OSi2.2C6H8O3.12CH4/c2*1-5-14(3,4)13(16)17-15(6-2)10-11-7-8-12(15)9-11;1-10-11(2)19(9)14-17(5,6)12-16(3,4)13-18(7,8)15-19;1-8-9(2)12(6,7)10-11(3,4)5;2*1-3-4(2)6(8)9-5(3)7;;;;;;;;;;;;/h2*11-12H,5-10H2,1-4H3;11H,10H2,1-9H3;9H,8H2,1-7H3;2*3-4H,1-2H3;12*1H4. The van der Waals surface area contributed by atoms with Crippen LogP contribution in [0.25, 0.3) is 0 Å². The quantitative estimate of drug-likeness (QED) is 0.0691. The molecular formula is C74H170O15Si6. The van der Waals surface area contributed by atoms with Crippen LogP contribution in [-0.2, 0) is 68.3 Å². The summed E-state index contributed by atoms with van der Waals surface area (Å²) in [6, 6.07) is 0. The molecule has 4 saturated carbocycles. The van der Waals surface area contributed by atoms with Crippen LogP contribution in [0.1, 0.15) is 290 Å². The molecule has 580 valence electrons. The van der Waals surface area contributed by atoms with Gasteiger partial charge in [-0.25, -0.2) is 0 Å². The summed E-state index contributed by atoms with van der Waals surface area (Å²) in [4.78, 5) is 66.7. The van der Waals surface area contributed by atoms with Gasteiger partial charge in [0, 0.05) is 0 Å². The molecular weight excluding hydrogens is 1300 g/mol. The van der Waals surface area contributed by atoms with Crippen LogP contribution in [0.2, 0.25) is 89.6 Å². The summed E-state index contributed by atoms with van der Waals surface area (Å²) in [6.45, 7) is 58.6. The second kappa shape index (κ2) is 46.0. The number of carbonyl (C=O) groups is 6. The Kier molecular flexibility index (Phi) is 56.9. The van der Waals surface area contributed by atoms with Crippen LogP contribution >= 0.6 is 0 Å². The number of ether oxygens (including phenoxy) is 4. The first-order valence-electron chi connectivity index (χ1n) is 32.1. The first-order chi connectivity index (χ1) is 37.6. The van der Waals surface area contributed by atoms with Crippen LogP contribution in [0.15, 0.2) is 0 Å². The van der Waals surface area contributed by atoms with Gasteiger partial charge < -0.3 is 39.5 Å². The summed E-state index contributed by atoms with van der Waals surface area (Å²) in [5.74, 6) is 0.326. The van der Waals surface area contributed by atoms with E-state index >= 15 is 0 Å². The van der Waals surface area contributed by atoms with E-state index in [2.05, 4.69) is 143 Å². The fourth-order valence-electron chi connectivity index (χ4n) is 12.6. The van der Waals surface area contributed by atoms with Crippen LogP contribution in [0.4, 0.5) is 0 Å². The summed E-state index contributed by atoms with van der Waals surface area (Å²) in [6.07, 6.45) is 16.0. The SMILES string of the molecule is C.C.C.C.C.C.C.C.C.C.C.C.CC1C(=O)OC(=O)C1C.CC1C(=O)OC(=O)C1C.CCC(C)(C)C(=O)OC1(CC)CC2CCC1C2.CCC(C)(C)C(=O)OC1(CC)CC2CCC1C2.CCC(C)[Si](C)(C)O[Si](C)(C)C.CCC(C)[Si]1(C)O[Si](C)(C)O[Si](C)(C)O[Si](C)(C)O1. The molecule has 95 heavy (non-hydrogen) atoms. The van der Waals surface area contributed by atoms with Gasteiger partial charge in [0.15, 0.2) is 16.6 Å². The van der Waals surface area contributed by atoms with Crippen LogP contribution in [0.3, 0.4) is 0 Å². The van der Waals surface area contributed by atoms with Crippen molar-refractivity contribution in [3.8, 4) is 0 Å². The van der Waals surface area contributed by atoms with Crippen molar-refractivity contribution in [3.05, 3.63) is 0 Å². The Morgan fingerprint density at radius 1 is 0.484 bits per heavy atom. The van der Waals surface area contributed by atoms with Crippen molar-refractivity contribution in [1.29, 1.82) is 0 Å². The molecule has 7 aliphatic rings. The third kappa shape index (κ3) is 33.3. The highest BCUT2D eigenvalue weighted by Crippen LogP contribution is 2.56. The summed E-state index contributed by atoms with van der Waals surface area (Å²) in [5.41, 5.74) is 0.331. The number of rotatable bonds is 14. The maximum Gasteiger partial charge on any atom is 0.320 e. The molecule has 0 radical (unpaired) electrons. The maximum absolute atomic E-state index is 12.3. The number of hydrogen-bond donors (Lipinski definition) is 0. The molecule has 0 amide bonds. The highest BCUT2D eigenvalue weighted by molar-refractivity contribution is 6.93. The molecule has 15 nitrogen and oxygen atoms in total. The lowest BCUT2D eigenvalue weighted by atomic mass is 9.81. The van der Waals surface area contributed by atoms with Gasteiger partial charge >= 0.3 is 70.1 Å². The second-order valence-electron chi connectivity index (χ2n) is 29.9. The van der Waals surface area contributed by atoms with Crippen molar-refractivity contribution in [2.45, 2.75) is 391 Å². The van der Waals surface area contributed by atoms with E-state index in [0.717, 1.165) is 62.3 Å². The first-order valence-corrected chi connectivity index (χ1v) is 49.3. The molecule has 21 heteroatoms. The van der Waals surface area contributed by atoms with Crippen molar-refractivity contribution in [3.63, 3.8) is 0 Å². The van der Waals surface area contributed by atoms with E-state index in [9.17, 15) is 28.8 Å². The molecule has 0 aromatic carbocycles. The number of carbonyl (C=O) groups excluding carboxylic acids is 6. The lowest BCUT2D eigenvalue weighted by Crippen LogP contribution is -2.66. The van der Waals surface area contributed by atoms with Gasteiger partial charge in [0.2, 0.25) is 0 Å². The fourth-order valence-corrected chi connectivity index (χ4v) is 42.5. The van der Waals surface area contributed by atoms with Crippen molar-refractivity contribution in [2.24, 2.45) is 58.2 Å². The van der Waals surface area contributed by atoms with Crippen molar-refractivity contribution >= 4 is 86.7 Å². The number of esters is 6. The van der Waals surface area contributed by atoms with Gasteiger partial charge in [0.1, 0.15) is 11.2 Å². The van der Waals surface area contributed by atoms with Crippen LogP contribution < -0.4 is 0 Å². The van der Waals surface area contributed by atoms with E-state index in [-0.39, 0.29) is 147 Å². The van der Waals surface area contributed by atoms with Crippen LogP contribution in [0.5, 0.6) is 0 Å². The normalized spacial score (nSPS) is 27.7. The number of fused-ring (bicyclic) bond motifs is 4. The van der Waals surface area contributed by atoms with E-state index in [1.807, 2.05) is 27.7 Å². The van der Waals surface area contributed by atoms with E-state index in [1.165, 1.54) is 44.9 Å². The molecule has 3 saturated heterocycles. The zero-order chi connectivity index (χ0) is 64.5. The Bertz CT molecular complexity index is 2020. The summed E-state index contributed by atoms with van der Waals surface area (Å²) in [5, 5.41) is 0.